The highest BCUT2D eigenvalue weighted by atomic mass is 16.6. The molecular formula is C25H32O4. The number of carbonyl (C=O) groups is 1. The minimum atomic E-state index is -0.269. The summed E-state index contributed by atoms with van der Waals surface area (Å²) in [5.74, 6) is 1.75. The molecule has 0 saturated carbocycles. The summed E-state index contributed by atoms with van der Waals surface area (Å²) in [6.07, 6.45) is 6.74. The van der Waals surface area contributed by atoms with Gasteiger partial charge in [-0.2, -0.15) is 0 Å². The van der Waals surface area contributed by atoms with Crippen LogP contribution in [-0.4, -0.2) is 20.2 Å². The molecule has 0 unspecified atom stereocenters. The van der Waals surface area contributed by atoms with Crippen molar-refractivity contribution in [1.82, 2.24) is 0 Å². The van der Waals surface area contributed by atoms with Crippen molar-refractivity contribution in [3.05, 3.63) is 78.4 Å². The highest BCUT2D eigenvalue weighted by Crippen LogP contribution is 2.28. The monoisotopic (exact) mass is 396 g/mol. The van der Waals surface area contributed by atoms with Crippen LogP contribution in [0.3, 0.4) is 0 Å². The summed E-state index contributed by atoms with van der Waals surface area (Å²) in [7, 11) is 3.27. The van der Waals surface area contributed by atoms with Crippen molar-refractivity contribution < 1.29 is 19.0 Å². The molecule has 0 saturated heterocycles. The van der Waals surface area contributed by atoms with Crippen LogP contribution in [0.2, 0.25) is 0 Å². The molecule has 2 rings (SSSR count). The van der Waals surface area contributed by atoms with Crippen LogP contribution < -0.4 is 14.2 Å². The first-order valence-corrected chi connectivity index (χ1v) is 9.77. The van der Waals surface area contributed by atoms with E-state index in [1.807, 2.05) is 24.3 Å². The Bertz CT molecular complexity index is 808. The van der Waals surface area contributed by atoms with Gasteiger partial charge in [0.05, 0.1) is 14.2 Å². The number of methoxy groups -OCH3 is 2. The number of ether oxygens (including phenoxy) is 3. The van der Waals surface area contributed by atoms with Gasteiger partial charge < -0.3 is 14.2 Å². The summed E-state index contributed by atoms with van der Waals surface area (Å²) in [6, 6.07) is 11.8. The third kappa shape index (κ3) is 7.86. The molecule has 0 aromatic heterocycles. The van der Waals surface area contributed by atoms with Gasteiger partial charge in [0.2, 0.25) is 0 Å². The van der Waals surface area contributed by atoms with Gasteiger partial charge in [0, 0.05) is 6.42 Å². The van der Waals surface area contributed by atoms with Crippen LogP contribution in [0.1, 0.15) is 37.0 Å². The Balaban J connectivity index is 0.000000296. The molecule has 0 atom stereocenters. The Labute approximate surface area is 174 Å². The normalized spacial score (nSPS) is 9.66. The van der Waals surface area contributed by atoms with E-state index in [-0.39, 0.29) is 5.97 Å². The van der Waals surface area contributed by atoms with E-state index in [4.69, 9.17) is 14.2 Å². The molecule has 0 radical (unpaired) electrons. The number of allylic oxidation sites excluding steroid dienone is 2. The maximum atomic E-state index is 11.2. The molecule has 4 heteroatoms. The Morgan fingerprint density at radius 2 is 1.41 bits per heavy atom. The van der Waals surface area contributed by atoms with Gasteiger partial charge in [-0.05, 0) is 54.2 Å². The van der Waals surface area contributed by atoms with Gasteiger partial charge in [-0.25, -0.2) is 0 Å². The SMILES string of the molecule is C=CCc1ccc(CC)c(OC)c1.C=CCc1ccc(OC(=O)CC)c(OC)c1. The van der Waals surface area contributed by atoms with E-state index in [1.165, 1.54) is 11.1 Å². The lowest BCUT2D eigenvalue weighted by atomic mass is 10.1. The lowest BCUT2D eigenvalue weighted by Gasteiger charge is -2.09. The Kier molecular flexibility index (Phi) is 10.9. The van der Waals surface area contributed by atoms with Crippen molar-refractivity contribution in [2.75, 3.05) is 14.2 Å². The van der Waals surface area contributed by atoms with Gasteiger partial charge in [-0.1, -0.05) is 44.2 Å². The largest absolute Gasteiger partial charge is 0.496 e. The fourth-order valence-corrected chi connectivity index (χ4v) is 2.66. The summed E-state index contributed by atoms with van der Waals surface area (Å²) in [4.78, 5) is 11.2. The van der Waals surface area contributed by atoms with Crippen LogP contribution in [0.5, 0.6) is 17.2 Å². The quantitative estimate of drug-likeness (QED) is 0.309. The molecule has 0 aliphatic rings. The van der Waals surface area contributed by atoms with Crippen LogP contribution in [0, 0.1) is 0 Å². The van der Waals surface area contributed by atoms with Crippen molar-refractivity contribution in [2.24, 2.45) is 0 Å². The average Bonchev–Trinajstić information content (AvgIpc) is 2.75. The molecule has 0 aliphatic carbocycles. The summed E-state index contributed by atoms with van der Waals surface area (Å²) < 4.78 is 15.6. The third-order valence-corrected chi connectivity index (χ3v) is 4.23. The molecule has 0 spiro atoms. The molecule has 0 aliphatic heterocycles. The summed E-state index contributed by atoms with van der Waals surface area (Å²) in [5.41, 5.74) is 3.59. The lowest BCUT2D eigenvalue weighted by Crippen LogP contribution is -2.06. The minimum absolute atomic E-state index is 0.269. The standard InChI is InChI=1S/C13H16O3.C12H16O/c1-4-6-10-7-8-11(12(9-10)15-3)16-13(14)5-2;1-4-6-10-7-8-11(5-2)12(9-10)13-3/h4,7-9H,1,5-6H2,2-3H3;4,7-9H,1,5-6H2,2-3H3. The van der Waals surface area contributed by atoms with E-state index in [0.717, 1.165) is 30.6 Å². The van der Waals surface area contributed by atoms with E-state index in [9.17, 15) is 4.79 Å². The van der Waals surface area contributed by atoms with Gasteiger partial charge in [0.15, 0.2) is 11.5 Å². The van der Waals surface area contributed by atoms with Crippen LogP contribution in [0.4, 0.5) is 0 Å². The number of aryl methyl sites for hydroxylation is 1. The lowest BCUT2D eigenvalue weighted by molar-refractivity contribution is -0.134. The van der Waals surface area contributed by atoms with E-state index in [2.05, 4.69) is 38.3 Å². The maximum absolute atomic E-state index is 11.2. The summed E-state index contributed by atoms with van der Waals surface area (Å²) in [6.45, 7) is 11.3. The van der Waals surface area contributed by atoms with E-state index >= 15 is 0 Å². The van der Waals surface area contributed by atoms with E-state index < -0.39 is 0 Å². The molecule has 0 heterocycles. The molecule has 0 fully saturated rings. The van der Waals surface area contributed by atoms with Gasteiger partial charge in [0.1, 0.15) is 5.75 Å². The smallest absolute Gasteiger partial charge is 0.311 e. The van der Waals surface area contributed by atoms with Crippen molar-refractivity contribution in [3.63, 3.8) is 0 Å². The first-order chi connectivity index (χ1) is 14.0. The van der Waals surface area contributed by atoms with Crippen molar-refractivity contribution in [3.8, 4) is 17.2 Å². The molecule has 2 aromatic rings. The predicted molar refractivity (Wildman–Crippen MR) is 119 cm³/mol. The van der Waals surface area contributed by atoms with Crippen LogP contribution in [-0.2, 0) is 24.1 Å². The predicted octanol–water partition coefficient (Wildman–Crippen LogP) is 5.73. The Hall–Kier alpha value is -3.01. The van der Waals surface area contributed by atoms with E-state index in [1.54, 1.807) is 27.2 Å². The fourth-order valence-electron chi connectivity index (χ4n) is 2.66. The zero-order valence-electron chi connectivity index (χ0n) is 18.0. The molecule has 2 aromatic carbocycles. The molecule has 156 valence electrons. The molecule has 0 amide bonds. The van der Waals surface area contributed by atoms with Gasteiger partial charge >= 0.3 is 5.97 Å². The number of benzene rings is 2. The second-order valence-electron chi connectivity index (χ2n) is 6.30. The number of rotatable bonds is 9. The van der Waals surface area contributed by atoms with Gasteiger partial charge in [-0.15, -0.1) is 13.2 Å². The van der Waals surface area contributed by atoms with Crippen molar-refractivity contribution in [2.45, 2.75) is 39.5 Å². The topological polar surface area (TPSA) is 44.8 Å². The maximum Gasteiger partial charge on any atom is 0.311 e. The molecule has 0 N–H and O–H groups in total. The molecule has 4 nitrogen and oxygen atoms in total. The van der Waals surface area contributed by atoms with Gasteiger partial charge in [0.25, 0.3) is 0 Å². The zero-order valence-corrected chi connectivity index (χ0v) is 18.0. The van der Waals surface area contributed by atoms with Crippen LogP contribution in [0.15, 0.2) is 61.7 Å². The minimum Gasteiger partial charge on any atom is -0.496 e. The number of esters is 1. The summed E-state index contributed by atoms with van der Waals surface area (Å²) in [5, 5.41) is 0. The molecular weight excluding hydrogens is 364 g/mol. The molecule has 29 heavy (non-hydrogen) atoms. The van der Waals surface area contributed by atoms with Gasteiger partial charge in [-0.3, -0.25) is 4.79 Å². The Morgan fingerprint density at radius 3 is 1.90 bits per heavy atom. The van der Waals surface area contributed by atoms with E-state index in [0.29, 0.717) is 17.9 Å². The average molecular weight is 397 g/mol. The number of hydrogen-bond donors (Lipinski definition) is 0. The highest BCUT2D eigenvalue weighted by molar-refractivity contribution is 5.72. The number of hydrogen-bond acceptors (Lipinski definition) is 4. The fraction of sp³-hybridized carbons (Fsp3) is 0.320. The second-order valence-corrected chi connectivity index (χ2v) is 6.30. The Morgan fingerprint density at radius 1 is 0.862 bits per heavy atom. The van der Waals surface area contributed by atoms with Crippen molar-refractivity contribution >= 4 is 5.97 Å². The van der Waals surface area contributed by atoms with Crippen LogP contribution in [0.25, 0.3) is 0 Å². The number of carbonyl (C=O) groups excluding carboxylic acids is 1. The van der Waals surface area contributed by atoms with Crippen molar-refractivity contribution in [1.29, 1.82) is 0 Å². The summed E-state index contributed by atoms with van der Waals surface area (Å²) >= 11 is 0. The highest BCUT2D eigenvalue weighted by Gasteiger charge is 2.08. The first kappa shape index (κ1) is 24.0. The third-order valence-electron chi connectivity index (χ3n) is 4.23. The second kappa shape index (κ2) is 13.2. The molecule has 0 bridgehead atoms. The van der Waals surface area contributed by atoms with Crippen LogP contribution >= 0.6 is 0 Å². The first-order valence-electron chi connectivity index (χ1n) is 9.77. The zero-order chi connectivity index (χ0) is 21.6.